The predicted octanol–water partition coefficient (Wildman–Crippen LogP) is 0.771. The summed E-state index contributed by atoms with van der Waals surface area (Å²) in [6, 6.07) is 0. The normalized spacial score (nSPS) is 11.1. The summed E-state index contributed by atoms with van der Waals surface area (Å²) in [4.78, 5) is 10.2. The second-order valence-corrected chi connectivity index (χ2v) is 7.12. The van der Waals surface area contributed by atoms with Gasteiger partial charge in [-0.05, 0) is 12.5 Å². The third kappa shape index (κ3) is 8.17. The highest BCUT2D eigenvalue weighted by Gasteiger charge is 1.94. The van der Waals surface area contributed by atoms with Crippen molar-refractivity contribution >= 4 is 26.6 Å². The number of rotatable bonds is 4. The Labute approximate surface area is 62.3 Å². The first-order valence-electron chi connectivity index (χ1n) is 2.71. The average molecular weight is 167 g/mol. The highest BCUT2D eigenvalue weighted by molar-refractivity contribution is 8.84. The molecule has 0 spiro atoms. The molecule has 4 heteroatoms. The highest BCUT2D eigenvalue weighted by atomic mass is 33.1. The van der Waals surface area contributed by atoms with Crippen LogP contribution in [0.4, 0.5) is 0 Å². The van der Waals surface area contributed by atoms with Crippen molar-refractivity contribution in [3.05, 3.63) is 0 Å². The molecule has 0 rings (SSSR count). The topological polar surface area (TPSA) is 43.1 Å². The fourth-order valence-corrected chi connectivity index (χ4v) is 2.36. The first kappa shape index (κ1) is 9.17. The van der Waals surface area contributed by atoms with E-state index in [1.54, 1.807) is 0 Å². The number of hydrogen-bond donors (Lipinski definition) is 2. The van der Waals surface area contributed by atoms with Gasteiger partial charge in [0.2, 0.25) is 5.91 Å². The lowest BCUT2D eigenvalue weighted by Crippen LogP contribution is -2.10. The van der Waals surface area contributed by atoms with Gasteiger partial charge in [-0.1, -0.05) is 0 Å². The van der Waals surface area contributed by atoms with Crippen LogP contribution < -0.4 is 5.73 Å². The Hall–Kier alpha value is 0.170. The molecule has 0 saturated carbocycles. The van der Waals surface area contributed by atoms with E-state index in [4.69, 9.17) is 5.73 Å². The summed E-state index contributed by atoms with van der Waals surface area (Å²) in [7, 11) is 1.90. The van der Waals surface area contributed by atoms with E-state index in [2.05, 4.69) is 12.5 Å². The maximum absolute atomic E-state index is 10.2. The Morgan fingerprint density at radius 2 is 2.22 bits per heavy atom. The zero-order valence-electron chi connectivity index (χ0n) is 5.76. The van der Waals surface area contributed by atoms with Gasteiger partial charge < -0.3 is 5.73 Å². The van der Waals surface area contributed by atoms with Gasteiger partial charge in [0, 0.05) is 12.2 Å². The molecular formula is C5H13NOS2. The smallest absolute Gasteiger partial charge is 0.218 e. The van der Waals surface area contributed by atoms with Gasteiger partial charge in [0.05, 0.1) is 0 Å². The molecule has 1 amide bonds. The van der Waals surface area contributed by atoms with Crippen LogP contribution in [0.2, 0.25) is 0 Å². The van der Waals surface area contributed by atoms with Crippen LogP contribution in [0.3, 0.4) is 0 Å². The van der Waals surface area contributed by atoms with Gasteiger partial charge in [0.1, 0.15) is 0 Å². The Morgan fingerprint density at radius 3 is 2.56 bits per heavy atom. The minimum absolute atomic E-state index is 0.0778. The second kappa shape index (κ2) is 4.99. The van der Waals surface area contributed by atoms with Crippen molar-refractivity contribution < 1.29 is 4.79 Å². The van der Waals surface area contributed by atoms with Crippen LogP contribution >= 0.6 is 20.7 Å². The molecular weight excluding hydrogens is 154 g/mol. The standard InChI is InChI=1S/C5H13NOS2/c1-9(2)8-4-3-5(6)7/h9H,3-4H2,1-2H3,(H2,6,7). The van der Waals surface area contributed by atoms with Crippen LogP contribution in [0.5, 0.6) is 0 Å². The van der Waals surface area contributed by atoms with Crippen molar-refractivity contribution in [2.75, 3.05) is 18.3 Å². The molecule has 0 aliphatic rings. The van der Waals surface area contributed by atoms with Crippen molar-refractivity contribution in [3.63, 3.8) is 0 Å². The summed E-state index contributed by atoms with van der Waals surface area (Å²) in [5.41, 5.74) is 4.93. The number of carbonyl (C=O) groups is 1. The van der Waals surface area contributed by atoms with Crippen molar-refractivity contribution in [2.24, 2.45) is 5.73 Å². The lowest BCUT2D eigenvalue weighted by Gasteiger charge is -2.05. The summed E-state index contributed by atoms with van der Waals surface area (Å²) < 4.78 is 0. The van der Waals surface area contributed by atoms with E-state index in [1.165, 1.54) is 0 Å². The first-order valence-corrected chi connectivity index (χ1v) is 6.54. The van der Waals surface area contributed by atoms with Crippen molar-refractivity contribution in [2.45, 2.75) is 6.42 Å². The predicted molar refractivity (Wildman–Crippen MR) is 47.1 cm³/mol. The number of thiol groups is 1. The summed E-state index contributed by atoms with van der Waals surface area (Å²) in [6.45, 7) is 0. The SMILES string of the molecule is C[SH](C)SCCC(N)=O. The Bertz CT molecular complexity index is 95.0. The Balaban J connectivity index is 3.01. The minimum atomic E-state index is -0.195. The summed E-state index contributed by atoms with van der Waals surface area (Å²) >= 11 is 0. The second-order valence-electron chi connectivity index (χ2n) is 1.86. The Kier molecular flexibility index (Phi) is 5.09. The molecule has 0 atom stereocenters. The maximum atomic E-state index is 10.2. The number of primary amides is 1. The van der Waals surface area contributed by atoms with E-state index in [0.717, 1.165) is 5.75 Å². The molecule has 56 valence electrons. The molecule has 9 heavy (non-hydrogen) atoms. The molecule has 2 nitrogen and oxygen atoms in total. The van der Waals surface area contributed by atoms with Gasteiger partial charge in [-0.15, -0.1) is 10.8 Å². The molecule has 0 heterocycles. The zero-order chi connectivity index (χ0) is 7.28. The van der Waals surface area contributed by atoms with Crippen LogP contribution in [-0.2, 0) is 4.79 Å². The van der Waals surface area contributed by atoms with E-state index in [-0.39, 0.29) is 15.8 Å². The van der Waals surface area contributed by atoms with Crippen molar-refractivity contribution in [1.82, 2.24) is 0 Å². The molecule has 0 aliphatic heterocycles. The molecule has 0 aliphatic carbocycles. The largest absolute Gasteiger partial charge is 0.370 e. The lowest BCUT2D eigenvalue weighted by atomic mass is 10.5. The highest BCUT2D eigenvalue weighted by Crippen LogP contribution is 2.32. The summed E-state index contributed by atoms with van der Waals surface area (Å²) in [5.74, 6) is 0.688. The van der Waals surface area contributed by atoms with E-state index < -0.39 is 0 Å². The molecule has 0 bridgehead atoms. The third-order valence-electron chi connectivity index (χ3n) is 0.698. The third-order valence-corrected chi connectivity index (χ3v) is 3.70. The molecule has 0 fully saturated rings. The van der Waals surface area contributed by atoms with Gasteiger partial charge in [0.25, 0.3) is 0 Å². The maximum Gasteiger partial charge on any atom is 0.218 e. The van der Waals surface area contributed by atoms with Crippen LogP contribution in [0.1, 0.15) is 6.42 Å². The van der Waals surface area contributed by atoms with Crippen LogP contribution in [-0.4, -0.2) is 24.2 Å². The van der Waals surface area contributed by atoms with Gasteiger partial charge >= 0.3 is 0 Å². The minimum Gasteiger partial charge on any atom is -0.370 e. The van der Waals surface area contributed by atoms with E-state index in [9.17, 15) is 4.79 Å². The molecule has 0 aromatic heterocycles. The molecule has 0 saturated heterocycles. The summed E-state index contributed by atoms with van der Waals surface area (Å²) in [6.07, 6.45) is 4.85. The molecule has 0 unspecified atom stereocenters. The fourth-order valence-electron chi connectivity index (χ4n) is 0.329. The van der Waals surface area contributed by atoms with Crippen molar-refractivity contribution in [1.29, 1.82) is 0 Å². The monoisotopic (exact) mass is 167 g/mol. The summed E-state index contributed by atoms with van der Waals surface area (Å²) in [5, 5.41) is 0. The van der Waals surface area contributed by atoms with Gasteiger partial charge in [-0.3, -0.25) is 4.79 Å². The van der Waals surface area contributed by atoms with E-state index >= 15 is 0 Å². The first-order chi connectivity index (χ1) is 4.13. The quantitative estimate of drug-likeness (QED) is 0.480. The molecule has 0 radical (unpaired) electrons. The van der Waals surface area contributed by atoms with Gasteiger partial charge in [-0.25, -0.2) is 9.93 Å². The van der Waals surface area contributed by atoms with E-state index in [0.29, 0.717) is 6.42 Å². The van der Waals surface area contributed by atoms with Crippen LogP contribution in [0.15, 0.2) is 0 Å². The van der Waals surface area contributed by atoms with Gasteiger partial charge in [-0.2, -0.15) is 0 Å². The van der Waals surface area contributed by atoms with Gasteiger partial charge in [0.15, 0.2) is 0 Å². The fraction of sp³-hybridized carbons (Fsp3) is 0.800. The number of hydrogen-bond acceptors (Lipinski definition) is 2. The Morgan fingerprint density at radius 1 is 1.67 bits per heavy atom. The molecule has 0 aromatic rings. The van der Waals surface area contributed by atoms with Crippen LogP contribution in [0, 0.1) is 0 Å². The number of amides is 1. The zero-order valence-corrected chi connectivity index (χ0v) is 7.47. The van der Waals surface area contributed by atoms with Crippen molar-refractivity contribution in [3.8, 4) is 0 Å². The average Bonchev–Trinajstić information content (AvgIpc) is 1.63. The molecule has 2 N–H and O–H groups in total. The lowest BCUT2D eigenvalue weighted by molar-refractivity contribution is -0.117. The number of carbonyl (C=O) groups excluding carboxylic acids is 1. The van der Waals surface area contributed by atoms with Crippen LogP contribution in [0.25, 0.3) is 0 Å². The molecule has 0 aromatic carbocycles. The van der Waals surface area contributed by atoms with E-state index in [1.807, 2.05) is 10.8 Å². The number of nitrogens with two attached hydrogens (primary N) is 1.